The van der Waals surface area contributed by atoms with Crippen LogP contribution < -0.4 is 0 Å². The molecule has 0 aliphatic heterocycles. The maximum Gasteiger partial charge on any atom is 0.0786 e. The average Bonchev–Trinajstić information content (AvgIpc) is 3.59. The van der Waals surface area contributed by atoms with Crippen molar-refractivity contribution in [1.82, 2.24) is 9.55 Å². The molecule has 0 N–H and O–H groups in total. The second-order valence-corrected chi connectivity index (χ2v) is 14.6. The molecule has 0 aliphatic rings. The highest BCUT2D eigenvalue weighted by atomic mass is 15.0. The van der Waals surface area contributed by atoms with Crippen LogP contribution in [0.15, 0.2) is 194 Å². The molecule has 0 bridgehead atoms. The molecule has 0 amide bonds. The minimum absolute atomic E-state index is 0.989. The second kappa shape index (κ2) is 11.6. The van der Waals surface area contributed by atoms with Crippen LogP contribution in [0.4, 0.5) is 0 Å². The summed E-state index contributed by atoms with van der Waals surface area (Å²) in [6.07, 6.45) is 1.95. The van der Waals surface area contributed by atoms with Crippen molar-refractivity contribution in [3.05, 3.63) is 194 Å². The minimum atomic E-state index is 0.989. The number of aromatic nitrogens is 2. The number of nitrogens with zero attached hydrogens (tertiary/aromatic N) is 2. The van der Waals surface area contributed by atoms with E-state index in [1.54, 1.807) is 0 Å². The van der Waals surface area contributed by atoms with Gasteiger partial charge in [-0.05, 0) is 112 Å². The van der Waals surface area contributed by atoms with Crippen LogP contribution in [0.1, 0.15) is 0 Å². The van der Waals surface area contributed by atoms with E-state index in [9.17, 15) is 0 Å². The van der Waals surface area contributed by atoms with Crippen molar-refractivity contribution in [2.75, 3.05) is 0 Å². The van der Waals surface area contributed by atoms with E-state index < -0.39 is 0 Å². The summed E-state index contributed by atoms with van der Waals surface area (Å²) in [5.41, 5.74) is 4.52. The van der Waals surface area contributed by atoms with E-state index >= 15 is 0 Å². The first kappa shape index (κ1) is 30.2. The molecule has 0 unspecified atom stereocenters. The smallest absolute Gasteiger partial charge is 0.0786 e. The first-order chi connectivity index (χ1) is 27.3. The lowest BCUT2D eigenvalue weighted by Crippen LogP contribution is -1.94. The first-order valence-electron chi connectivity index (χ1n) is 19.0. The molecule has 254 valence electrons. The summed E-state index contributed by atoms with van der Waals surface area (Å²) in [5, 5.41) is 20.6. The molecule has 2 nitrogen and oxygen atoms in total. The second-order valence-electron chi connectivity index (χ2n) is 14.6. The molecule has 0 fully saturated rings. The largest absolute Gasteiger partial charge is 0.309 e. The first-order valence-corrected chi connectivity index (χ1v) is 19.0. The number of fused-ring (bicyclic) bond motifs is 19. The molecule has 0 aliphatic carbocycles. The number of benzene rings is 8. The van der Waals surface area contributed by atoms with Gasteiger partial charge in [0.15, 0.2) is 0 Å². The van der Waals surface area contributed by atoms with Crippen LogP contribution in [-0.2, 0) is 0 Å². The summed E-state index contributed by atoms with van der Waals surface area (Å²) in [4.78, 5) is 5.25. The van der Waals surface area contributed by atoms with Gasteiger partial charge in [-0.15, -0.1) is 0 Å². The molecular weight excluding hydrogens is 665 g/mol. The Kier molecular flexibility index (Phi) is 6.37. The van der Waals surface area contributed by atoms with E-state index in [2.05, 4.69) is 193 Å². The van der Waals surface area contributed by atoms with Crippen molar-refractivity contribution in [3.63, 3.8) is 0 Å². The zero-order valence-corrected chi connectivity index (χ0v) is 29.9. The van der Waals surface area contributed by atoms with Crippen LogP contribution in [0.25, 0.3) is 114 Å². The Balaban J connectivity index is 1.32. The van der Waals surface area contributed by atoms with Gasteiger partial charge in [-0.25, -0.2) is 0 Å². The van der Waals surface area contributed by atoms with E-state index in [0.29, 0.717) is 0 Å². The van der Waals surface area contributed by atoms with Gasteiger partial charge in [0.2, 0.25) is 0 Å². The van der Waals surface area contributed by atoms with Crippen molar-refractivity contribution in [2.24, 2.45) is 0 Å². The maximum atomic E-state index is 5.25. The fraction of sp³-hybridized carbons (Fsp3) is 0. The van der Waals surface area contributed by atoms with Crippen LogP contribution in [0, 0.1) is 0 Å². The Hall–Kier alpha value is -7.29. The molecule has 12 aromatic rings. The highest BCUT2D eigenvalue weighted by Gasteiger charge is 2.16. The van der Waals surface area contributed by atoms with Gasteiger partial charge in [-0.1, -0.05) is 146 Å². The van der Waals surface area contributed by atoms with Crippen LogP contribution in [0.2, 0.25) is 0 Å². The minimum Gasteiger partial charge on any atom is -0.309 e. The topological polar surface area (TPSA) is 17.8 Å². The third-order valence-electron chi connectivity index (χ3n) is 11.8. The van der Waals surface area contributed by atoms with Crippen molar-refractivity contribution >= 4 is 108 Å². The quantitative estimate of drug-likeness (QED) is 0.167. The molecule has 10 aromatic carbocycles. The highest BCUT2D eigenvalue weighted by molar-refractivity contribution is 6.32. The monoisotopic (exact) mass is 696 g/mol. The fourth-order valence-electron chi connectivity index (χ4n) is 9.44. The number of rotatable bonds is 1. The van der Waals surface area contributed by atoms with Gasteiger partial charge < -0.3 is 4.57 Å². The van der Waals surface area contributed by atoms with Crippen LogP contribution in [-0.4, -0.2) is 9.55 Å². The van der Waals surface area contributed by atoms with Crippen molar-refractivity contribution in [2.45, 2.75) is 0 Å². The molecule has 0 radical (unpaired) electrons. The van der Waals surface area contributed by atoms with Crippen LogP contribution >= 0.6 is 0 Å². The third kappa shape index (κ3) is 4.34. The molecule has 2 heteroatoms. The molecule has 0 saturated heterocycles. The third-order valence-corrected chi connectivity index (χ3v) is 11.8. The summed E-state index contributed by atoms with van der Waals surface area (Å²) < 4.78 is 2.41. The Morgan fingerprint density at radius 3 is 1.09 bits per heavy atom. The summed E-state index contributed by atoms with van der Waals surface area (Å²) in [6.45, 7) is 0. The molecule has 0 saturated carbocycles. The van der Waals surface area contributed by atoms with Gasteiger partial charge in [0.05, 0.1) is 16.6 Å². The number of para-hydroxylation sites is 2. The van der Waals surface area contributed by atoms with E-state index in [-0.39, 0.29) is 0 Å². The number of hydrogen-bond acceptors (Lipinski definition) is 1. The Bertz CT molecular complexity index is 3610. The lowest BCUT2D eigenvalue weighted by molar-refractivity contribution is 1.19. The Morgan fingerprint density at radius 2 is 0.600 bits per heavy atom. The van der Waals surface area contributed by atoms with Crippen LogP contribution in [0.3, 0.4) is 0 Å². The normalized spacial score (nSPS) is 12.0. The van der Waals surface area contributed by atoms with Crippen molar-refractivity contribution < 1.29 is 0 Å². The molecule has 12 rings (SSSR count). The molecular formula is C53H32N2. The molecule has 2 heterocycles. The van der Waals surface area contributed by atoms with E-state index in [4.69, 9.17) is 4.98 Å². The van der Waals surface area contributed by atoms with Gasteiger partial charge in [-0.3, -0.25) is 4.98 Å². The lowest BCUT2D eigenvalue weighted by atomic mass is 9.90. The van der Waals surface area contributed by atoms with Gasteiger partial charge in [0.1, 0.15) is 0 Å². The van der Waals surface area contributed by atoms with Gasteiger partial charge in [0.25, 0.3) is 0 Å². The van der Waals surface area contributed by atoms with Crippen LogP contribution in [0.5, 0.6) is 0 Å². The predicted octanol–water partition coefficient (Wildman–Crippen LogP) is 14.5. The standard InChI is InChI=1S/C53H32N2/c1-2-15-35-34(14-1)36-16-3-6-19-39(36)47-31-49-41-21-8-5-18-38(41)42-28-27-33(55-51-25-11-9-22-43(51)44-23-10-12-26-52(44)55)30-46(42)45-24-13-29-54-53(45)50(49)32-48(47)40-20-7-4-17-37(35)40/h1-32H. The summed E-state index contributed by atoms with van der Waals surface area (Å²) in [7, 11) is 0. The predicted molar refractivity (Wildman–Crippen MR) is 236 cm³/mol. The van der Waals surface area contributed by atoms with Crippen molar-refractivity contribution in [3.8, 4) is 5.69 Å². The van der Waals surface area contributed by atoms with Gasteiger partial charge in [-0.2, -0.15) is 0 Å². The average molecular weight is 697 g/mol. The highest BCUT2D eigenvalue weighted by Crippen LogP contribution is 2.42. The van der Waals surface area contributed by atoms with Gasteiger partial charge in [0, 0.05) is 33.4 Å². The molecule has 0 atom stereocenters. The summed E-state index contributed by atoms with van der Waals surface area (Å²) >= 11 is 0. The zero-order chi connectivity index (χ0) is 36.0. The SMILES string of the molecule is c1ccc2c(c1)c1ccccc1c1cc3c4ccccc4c4ccc(-n5c6ccccc6c6ccccc65)cc4c4cccnc4c3cc1c1ccccc21. The lowest BCUT2D eigenvalue weighted by Gasteiger charge is -2.14. The number of pyridine rings is 1. The van der Waals surface area contributed by atoms with E-state index in [1.165, 1.54) is 91.8 Å². The zero-order valence-electron chi connectivity index (χ0n) is 29.9. The molecule has 0 spiro atoms. The maximum absolute atomic E-state index is 5.25. The van der Waals surface area contributed by atoms with Gasteiger partial charge >= 0.3 is 0 Å². The van der Waals surface area contributed by atoms with Crippen molar-refractivity contribution in [1.29, 1.82) is 0 Å². The summed E-state index contributed by atoms with van der Waals surface area (Å²) in [5.74, 6) is 0. The van der Waals surface area contributed by atoms with E-state index in [0.717, 1.165) is 22.0 Å². The number of hydrogen-bond donors (Lipinski definition) is 0. The summed E-state index contributed by atoms with van der Waals surface area (Å²) in [6, 6.07) is 69.2. The van der Waals surface area contributed by atoms with E-state index in [1.807, 2.05) is 6.20 Å². The molecule has 2 aromatic heterocycles. The Morgan fingerprint density at radius 1 is 0.255 bits per heavy atom. The Labute approximate surface area is 316 Å². The molecule has 55 heavy (non-hydrogen) atoms. The fourth-order valence-corrected chi connectivity index (χ4v) is 9.44.